The van der Waals surface area contributed by atoms with Crippen molar-refractivity contribution in [1.29, 1.82) is 0 Å². The van der Waals surface area contributed by atoms with Gasteiger partial charge in [0.05, 0.1) is 35.6 Å². The first kappa shape index (κ1) is 21.0. The maximum absolute atomic E-state index is 12.7. The Morgan fingerprint density at radius 2 is 2.17 bits per heavy atom. The molecule has 9 heteroatoms. The molecule has 9 nitrogen and oxygen atoms in total. The predicted octanol–water partition coefficient (Wildman–Crippen LogP) is 1.35. The SMILES string of the molecule is CCc1nn(CCOC(=O)Cc2cc(C)[nH]n2)c2c1C(=O)NCCCOCCC2. The van der Waals surface area contributed by atoms with Gasteiger partial charge in [-0.25, -0.2) is 0 Å². The first-order valence-electron chi connectivity index (χ1n) is 10.2. The largest absolute Gasteiger partial charge is 0.463 e. The van der Waals surface area contributed by atoms with Crippen molar-refractivity contribution in [2.75, 3.05) is 26.4 Å². The Kier molecular flexibility index (Phi) is 7.40. The standard InChI is InChI=1S/C20H29N5O4/c1-3-16-19-17(6-4-9-28-10-5-7-21-20(19)27)25(24-16)8-11-29-18(26)13-15-12-14(2)22-23-15/h12H,3-11,13H2,1-2H3,(H,21,27)(H,22,23). The summed E-state index contributed by atoms with van der Waals surface area (Å²) in [5, 5.41) is 14.4. The van der Waals surface area contributed by atoms with Gasteiger partial charge in [-0.3, -0.25) is 19.4 Å². The molecule has 0 fully saturated rings. The van der Waals surface area contributed by atoms with Gasteiger partial charge in [0.25, 0.3) is 5.91 Å². The van der Waals surface area contributed by atoms with Gasteiger partial charge < -0.3 is 14.8 Å². The van der Waals surface area contributed by atoms with Gasteiger partial charge in [-0.1, -0.05) is 6.92 Å². The van der Waals surface area contributed by atoms with Gasteiger partial charge in [0.1, 0.15) is 6.61 Å². The molecule has 1 amide bonds. The van der Waals surface area contributed by atoms with Crippen LogP contribution < -0.4 is 5.32 Å². The van der Waals surface area contributed by atoms with Crippen LogP contribution in [0.4, 0.5) is 0 Å². The van der Waals surface area contributed by atoms with E-state index in [0.717, 1.165) is 29.9 Å². The maximum Gasteiger partial charge on any atom is 0.312 e. The summed E-state index contributed by atoms with van der Waals surface area (Å²) in [6.45, 7) is 6.34. The fraction of sp³-hybridized carbons (Fsp3) is 0.600. The lowest BCUT2D eigenvalue weighted by atomic mass is 10.1. The third-order valence-corrected chi connectivity index (χ3v) is 4.80. The maximum atomic E-state index is 12.7. The average molecular weight is 403 g/mol. The molecule has 0 spiro atoms. The van der Waals surface area contributed by atoms with Crippen molar-refractivity contribution in [2.24, 2.45) is 0 Å². The van der Waals surface area contributed by atoms with Crippen LogP contribution >= 0.6 is 0 Å². The Morgan fingerprint density at radius 3 is 2.93 bits per heavy atom. The Balaban J connectivity index is 1.66. The van der Waals surface area contributed by atoms with E-state index in [1.807, 2.05) is 19.9 Å². The molecule has 0 unspecified atom stereocenters. The van der Waals surface area contributed by atoms with Crippen LogP contribution in [0.3, 0.4) is 0 Å². The molecule has 0 aromatic carbocycles. The lowest BCUT2D eigenvalue weighted by Gasteiger charge is -2.10. The number of nitrogens with one attached hydrogen (secondary N) is 2. The van der Waals surface area contributed by atoms with Crippen molar-refractivity contribution < 1.29 is 19.1 Å². The summed E-state index contributed by atoms with van der Waals surface area (Å²) in [5.74, 6) is -0.422. The molecular formula is C20H29N5O4. The number of carbonyl (C=O) groups excluding carboxylic acids is 2. The van der Waals surface area contributed by atoms with Crippen molar-refractivity contribution >= 4 is 11.9 Å². The first-order valence-corrected chi connectivity index (χ1v) is 10.2. The number of nitrogens with zero attached hydrogens (tertiary/aromatic N) is 3. The van der Waals surface area contributed by atoms with Crippen LogP contribution in [0.2, 0.25) is 0 Å². The molecule has 0 saturated heterocycles. The number of rotatable bonds is 6. The number of fused-ring (bicyclic) bond motifs is 1. The predicted molar refractivity (Wildman–Crippen MR) is 106 cm³/mol. The van der Waals surface area contributed by atoms with Crippen LogP contribution in [0.1, 0.15) is 52.9 Å². The zero-order chi connectivity index (χ0) is 20.6. The molecule has 1 aliphatic rings. The molecule has 0 atom stereocenters. The number of aromatic amines is 1. The number of carbonyl (C=O) groups is 2. The zero-order valence-corrected chi connectivity index (χ0v) is 17.1. The molecule has 3 rings (SSSR count). The number of hydrogen-bond donors (Lipinski definition) is 2. The van der Waals surface area contributed by atoms with Crippen molar-refractivity contribution in [3.63, 3.8) is 0 Å². The lowest BCUT2D eigenvalue weighted by Crippen LogP contribution is -2.26. The lowest BCUT2D eigenvalue weighted by molar-refractivity contribution is -0.143. The fourth-order valence-corrected chi connectivity index (χ4v) is 3.42. The topological polar surface area (TPSA) is 111 Å². The fourth-order valence-electron chi connectivity index (χ4n) is 3.42. The van der Waals surface area contributed by atoms with E-state index in [0.29, 0.717) is 50.4 Å². The third-order valence-electron chi connectivity index (χ3n) is 4.80. The van der Waals surface area contributed by atoms with Crippen molar-refractivity contribution in [1.82, 2.24) is 25.3 Å². The number of amides is 1. The van der Waals surface area contributed by atoms with Gasteiger partial charge in [0.2, 0.25) is 0 Å². The van der Waals surface area contributed by atoms with E-state index in [-0.39, 0.29) is 24.9 Å². The van der Waals surface area contributed by atoms with Gasteiger partial charge in [-0.2, -0.15) is 10.2 Å². The van der Waals surface area contributed by atoms with E-state index in [2.05, 4.69) is 20.6 Å². The molecule has 0 radical (unpaired) electrons. The van der Waals surface area contributed by atoms with E-state index in [4.69, 9.17) is 9.47 Å². The molecule has 2 aromatic rings. The monoisotopic (exact) mass is 403 g/mol. The van der Waals surface area contributed by atoms with Crippen molar-refractivity contribution in [3.8, 4) is 0 Å². The number of H-pyrrole nitrogens is 1. The second-order valence-electron chi connectivity index (χ2n) is 7.11. The Bertz CT molecular complexity index is 842. The summed E-state index contributed by atoms with van der Waals surface area (Å²) < 4.78 is 12.8. The van der Waals surface area contributed by atoms with Crippen molar-refractivity contribution in [2.45, 2.75) is 52.5 Å². The van der Waals surface area contributed by atoms with E-state index in [1.165, 1.54) is 0 Å². The minimum atomic E-state index is -0.335. The second-order valence-corrected chi connectivity index (χ2v) is 7.11. The summed E-state index contributed by atoms with van der Waals surface area (Å²) in [4.78, 5) is 24.8. The van der Waals surface area contributed by atoms with Crippen LogP contribution in [0.5, 0.6) is 0 Å². The first-order chi connectivity index (χ1) is 14.1. The van der Waals surface area contributed by atoms with E-state index in [1.54, 1.807) is 4.68 Å². The number of hydrogen-bond acceptors (Lipinski definition) is 6. The molecule has 158 valence electrons. The van der Waals surface area contributed by atoms with Crippen LogP contribution in [0, 0.1) is 6.92 Å². The minimum Gasteiger partial charge on any atom is -0.463 e. The van der Waals surface area contributed by atoms with Crippen LogP contribution in [-0.2, 0) is 40.1 Å². The molecule has 1 aliphatic heterocycles. The highest BCUT2D eigenvalue weighted by Gasteiger charge is 2.23. The molecular weight excluding hydrogens is 374 g/mol. The smallest absolute Gasteiger partial charge is 0.312 e. The average Bonchev–Trinajstić information content (AvgIpc) is 3.25. The Labute approximate surface area is 170 Å². The second kappa shape index (κ2) is 10.2. The van der Waals surface area contributed by atoms with Gasteiger partial charge in [0.15, 0.2) is 0 Å². The Hall–Kier alpha value is -2.68. The number of esters is 1. The summed E-state index contributed by atoms with van der Waals surface area (Å²) in [5.41, 5.74) is 3.87. The molecule has 0 bridgehead atoms. The van der Waals surface area contributed by atoms with E-state index < -0.39 is 0 Å². The minimum absolute atomic E-state index is 0.0871. The van der Waals surface area contributed by atoms with Crippen LogP contribution in [0.15, 0.2) is 6.07 Å². The quantitative estimate of drug-likeness (QED) is 0.704. The summed E-state index contributed by atoms with van der Waals surface area (Å²) in [6, 6.07) is 1.82. The summed E-state index contributed by atoms with van der Waals surface area (Å²) in [7, 11) is 0. The van der Waals surface area contributed by atoms with Gasteiger partial charge in [0, 0.05) is 25.5 Å². The highest BCUT2D eigenvalue weighted by atomic mass is 16.5. The molecule has 0 aliphatic carbocycles. The highest BCUT2D eigenvalue weighted by Crippen LogP contribution is 2.18. The number of aryl methyl sites for hydroxylation is 2. The van der Waals surface area contributed by atoms with Crippen LogP contribution in [0.25, 0.3) is 0 Å². The zero-order valence-electron chi connectivity index (χ0n) is 17.1. The normalized spacial score (nSPS) is 15.3. The van der Waals surface area contributed by atoms with Gasteiger partial charge >= 0.3 is 5.97 Å². The van der Waals surface area contributed by atoms with Crippen molar-refractivity contribution in [3.05, 3.63) is 34.4 Å². The molecule has 2 N–H and O–H groups in total. The van der Waals surface area contributed by atoms with Crippen LogP contribution in [-0.4, -0.2) is 58.2 Å². The number of ether oxygens (including phenoxy) is 2. The third kappa shape index (κ3) is 5.66. The highest BCUT2D eigenvalue weighted by molar-refractivity contribution is 5.96. The number of aromatic nitrogens is 4. The van der Waals surface area contributed by atoms with Gasteiger partial charge in [-0.05, 0) is 38.7 Å². The Morgan fingerprint density at radius 1 is 1.34 bits per heavy atom. The molecule has 0 saturated carbocycles. The van der Waals surface area contributed by atoms with Gasteiger partial charge in [-0.15, -0.1) is 0 Å². The summed E-state index contributed by atoms with van der Waals surface area (Å²) >= 11 is 0. The van der Waals surface area contributed by atoms with E-state index >= 15 is 0 Å². The van der Waals surface area contributed by atoms with E-state index in [9.17, 15) is 9.59 Å². The molecule has 29 heavy (non-hydrogen) atoms. The summed E-state index contributed by atoms with van der Waals surface area (Å²) in [6.07, 6.45) is 3.09. The molecule has 3 heterocycles. The molecule has 2 aromatic heterocycles.